The van der Waals surface area contributed by atoms with Gasteiger partial charge in [-0.2, -0.15) is 0 Å². The highest BCUT2D eigenvalue weighted by molar-refractivity contribution is 8.77. The van der Waals surface area contributed by atoms with E-state index in [1.165, 1.54) is 24.2 Å². The maximum Gasteiger partial charge on any atom is 0.0707 e. The molecule has 1 saturated heterocycles. The van der Waals surface area contributed by atoms with Crippen LogP contribution in [0.1, 0.15) is 18.4 Å². The van der Waals surface area contributed by atoms with Crippen molar-refractivity contribution >= 4 is 21.6 Å². The van der Waals surface area contributed by atoms with E-state index in [9.17, 15) is 0 Å². The molecule has 2 rings (SSSR count). The van der Waals surface area contributed by atoms with Crippen molar-refractivity contribution in [1.29, 1.82) is 0 Å². The number of rotatable bonds is 1. The van der Waals surface area contributed by atoms with Gasteiger partial charge in [0.15, 0.2) is 0 Å². The van der Waals surface area contributed by atoms with Gasteiger partial charge in [-0.1, -0.05) is 51.9 Å². The fourth-order valence-corrected chi connectivity index (χ4v) is 3.78. The van der Waals surface area contributed by atoms with Gasteiger partial charge in [-0.3, -0.25) is 0 Å². The van der Waals surface area contributed by atoms with Crippen LogP contribution in [0.2, 0.25) is 0 Å². The minimum absolute atomic E-state index is 1.27. The zero-order valence-electron chi connectivity index (χ0n) is 6.82. The van der Waals surface area contributed by atoms with Crippen LogP contribution in [-0.2, 0) is 0 Å². The summed E-state index contributed by atoms with van der Waals surface area (Å²) in [7, 11) is 3.93. The molecule has 0 unspecified atom stereocenters. The summed E-state index contributed by atoms with van der Waals surface area (Å²) in [5.74, 6) is 1.31. The Bertz CT molecular complexity index is 227. The Morgan fingerprint density at radius 2 is 1.92 bits per heavy atom. The van der Waals surface area contributed by atoms with Crippen molar-refractivity contribution in [1.82, 2.24) is 0 Å². The fraction of sp³-hybridized carbons (Fsp3) is 0.300. The van der Waals surface area contributed by atoms with E-state index in [-0.39, 0.29) is 0 Å². The lowest BCUT2D eigenvalue weighted by Gasteiger charge is -2.19. The number of benzene rings is 1. The van der Waals surface area contributed by atoms with Crippen LogP contribution in [0, 0.1) is 5.25 Å². The van der Waals surface area contributed by atoms with E-state index in [1.54, 1.807) is 5.25 Å². The Balaban J connectivity index is 2.08. The monoisotopic (exact) mass is 195 g/mol. The van der Waals surface area contributed by atoms with Crippen molar-refractivity contribution in [2.75, 3.05) is 5.75 Å². The Hall–Kier alpha value is -0.0800. The highest BCUT2D eigenvalue weighted by Crippen LogP contribution is 2.44. The molecule has 1 radical (unpaired) electrons. The third-order valence-electron chi connectivity index (χ3n) is 1.89. The normalized spacial score (nSPS) is 19.3. The summed E-state index contributed by atoms with van der Waals surface area (Å²) in [4.78, 5) is 0. The molecule has 63 valence electrons. The lowest BCUT2D eigenvalue weighted by molar-refractivity contribution is 0.903. The van der Waals surface area contributed by atoms with Crippen molar-refractivity contribution in [3.05, 3.63) is 41.1 Å². The topological polar surface area (TPSA) is 0 Å². The summed E-state index contributed by atoms with van der Waals surface area (Å²) < 4.78 is 0. The van der Waals surface area contributed by atoms with E-state index in [1.807, 2.05) is 21.6 Å². The quantitative estimate of drug-likeness (QED) is 0.626. The van der Waals surface area contributed by atoms with Crippen LogP contribution >= 0.6 is 21.6 Å². The second-order valence-electron chi connectivity index (χ2n) is 2.80. The zero-order chi connectivity index (χ0) is 8.23. The van der Waals surface area contributed by atoms with E-state index in [2.05, 4.69) is 30.3 Å². The van der Waals surface area contributed by atoms with Crippen LogP contribution in [0.15, 0.2) is 30.3 Å². The number of hydrogen-bond donors (Lipinski definition) is 0. The molecule has 1 heterocycles. The summed E-state index contributed by atoms with van der Waals surface area (Å²) >= 11 is 0. The molecule has 0 amide bonds. The van der Waals surface area contributed by atoms with Crippen LogP contribution in [0.25, 0.3) is 0 Å². The van der Waals surface area contributed by atoms with E-state index in [4.69, 9.17) is 0 Å². The van der Waals surface area contributed by atoms with E-state index in [0.29, 0.717) is 0 Å². The van der Waals surface area contributed by atoms with Gasteiger partial charge in [0, 0.05) is 5.75 Å². The third kappa shape index (κ3) is 1.99. The predicted molar refractivity (Wildman–Crippen MR) is 58.1 cm³/mol. The highest BCUT2D eigenvalue weighted by Gasteiger charge is 2.16. The maximum absolute atomic E-state index is 2.20. The summed E-state index contributed by atoms with van der Waals surface area (Å²) in [6, 6.07) is 10.7. The minimum Gasteiger partial charge on any atom is -0.0932 e. The summed E-state index contributed by atoms with van der Waals surface area (Å²) in [5, 5.41) is 1.55. The van der Waals surface area contributed by atoms with Gasteiger partial charge in [0.25, 0.3) is 0 Å². The van der Waals surface area contributed by atoms with Crippen LogP contribution in [0.3, 0.4) is 0 Å². The Labute approximate surface area is 81.5 Å². The SMILES string of the molecule is c1ccc([C]2CCCSS2)cc1. The maximum atomic E-state index is 2.20. The first-order valence-electron chi connectivity index (χ1n) is 4.17. The second-order valence-corrected chi connectivity index (χ2v) is 5.31. The van der Waals surface area contributed by atoms with Gasteiger partial charge in [0.1, 0.15) is 0 Å². The molecule has 0 aliphatic carbocycles. The summed E-state index contributed by atoms with van der Waals surface area (Å²) in [5.41, 5.74) is 1.41. The van der Waals surface area contributed by atoms with Gasteiger partial charge in [0.2, 0.25) is 0 Å². The average molecular weight is 195 g/mol. The molecule has 0 nitrogen and oxygen atoms in total. The van der Waals surface area contributed by atoms with Crippen molar-refractivity contribution in [2.24, 2.45) is 0 Å². The smallest absolute Gasteiger partial charge is 0.0707 e. The third-order valence-corrected chi connectivity index (χ3v) is 4.56. The molecule has 12 heavy (non-hydrogen) atoms. The Kier molecular flexibility index (Phi) is 3.01. The molecule has 1 aliphatic rings. The zero-order valence-corrected chi connectivity index (χ0v) is 8.46. The van der Waals surface area contributed by atoms with Gasteiger partial charge >= 0.3 is 0 Å². The van der Waals surface area contributed by atoms with Crippen LogP contribution in [0.4, 0.5) is 0 Å². The molecule has 2 heteroatoms. The lowest BCUT2D eigenvalue weighted by atomic mass is 10.1. The van der Waals surface area contributed by atoms with Crippen molar-refractivity contribution in [3.63, 3.8) is 0 Å². The van der Waals surface area contributed by atoms with Crippen molar-refractivity contribution in [3.8, 4) is 0 Å². The van der Waals surface area contributed by atoms with E-state index in [0.717, 1.165) is 0 Å². The first-order chi connectivity index (χ1) is 5.97. The molecule has 0 saturated carbocycles. The Morgan fingerprint density at radius 1 is 1.08 bits per heavy atom. The van der Waals surface area contributed by atoms with Gasteiger partial charge in [0.05, 0.1) is 5.25 Å². The second kappa shape index (κ2) is 4.24. The van der Waals surface area contributed by atoms with Gasteiger partial charge < -0.3 is 0 Å². The fourth-order valence-electron chi connectivity index (χ4n) is 1.26. The first-order valence-corrected chi connectivity index (χ1v) is 6.49. The lowest BCUT2D eigenvalue weighted by Crippen LogP contribution is -1.98. The van der Waals surface area contributed by atoms with Crippen LogP contribution < -0.4 is 0 Å². The summed E-state index contributed by atoms with van der Waals surface area (Å²) in [6.07, 6.45) is 2.60. The number of hydrogen-bond acceptors (Lipinski definition) is 2. The van der Waals surface area contributed by atoms with Gasteiger partial charge in [-0.25, -0.2) is 0 Å². The van der Waals surface area contributed by atoms with Crippen LogP contribution in [0.5, 0.6) is 0 Å². The minimum atomic E-state index is 1.27. The molecule has 0 atom stereocenters. The van der Waals surface area contributed by atoms with Crippen molar-refractivity contribution < 1.29 is 0 Å². The summed E-state index contributed by atoms with van der Waals surface area (Å²) in [6.45, 7) is 0. The molecule has 1 aromatic carbocycles. The average Bonchev–Trinajstić information content (AvgIpc) is 2.21. The molecule has 0 N–H and O–H groups in total. The molecular weight excluding hydrogens is 184 g/mol. The van der Waals surface area contributed by atoms with Crippen molar-refractivity contribution in [2.45, 2.75) is 12.8 Å². The molecule has 0 bridgehead atoms. The molecule has 0 aromatic heterocycles. The highest BCUT2D eigenvalue weighted by atomic mass is 33.1. The standard InChI is InChI=1S/C10H11S2/c1-2-5-9(6-3-1)10-7-4-8-11-12-10/h1-3,5-6H,4,7-8H2. The molecule has 1 aliphatic heterocycles. The van der Waals surface area contributed by atoms with E-state index < -0.39 is 0 Å². The van der Waals surface area contributed by atoms with Gasteiger partial charge in [-0.15, -0.1) is 0 Å². The predicted octanol–water partition coefficient (Wildman–Crippen LogP) is 3.74. The van der Waals surface area contributed by atoms with Crippen LogP contribution in [-0.4, -0.2) is 5.75 Å². The van der Waals surface area contributed by atoms with E-state index >= 15 is 0 Å². The Morgan fingerprint density at radius 3 is 2.58 bits per heavy atom. The molecule has 1 aromatic rings. The molecule has 0 spiro atoms. The first kappa shape index (κ1) is 8.52. The molecular formula is C10H11S2. The largest absolute Gasteiger partial charge is 0.0932 e. The van der Waals surface area contributed by atoms with Gasteiger partial charge in [-0.05, 0) is 18.4 Å². The molecule has 1 fully saturated rings.